The molecule has 0 aliphatic heterocycles. The molecule has 0 bridgehead atoms. The smallest absolute Gasteiger partial charge is 0.142 e. The highest BCUT2D eigenvalue weighted by molar-refractivity contribution is 6.29. The largest absolute Gasteiger partial charge is 0.492 e. The van der Waals surface area contributed by atoms with Crippen LogP contribution in [0.15, 0.2) is 30.3 Å². The SMILES string of the molecule is CCCc1nc(Cl)cc(Nc2ccccc2OCC)n1. The Morgan fingerprint density at radius 3 is 2.75 bits per heavy atom. The first-order valence-corrected chi connectivity index (χ1v) is 7.13. The van der Waals surface area contributed by atoms with Crippen LogP contribution in [0.3, 0.4) is 0 Å². The molecule has 1 N–H and O–H groups in total. The van der Waals surface area contributed by atoms with Crippen LogP contribution in [-0.4, -0.2) is 16.6 Å². The predicted molar refractivity (Wildman–Crippen MR) is 81.9 cm³/mol. The van der Waals surface area contributed by atoms with Gasteiger partial charge in [0.2, 0.25) is 0 Å². The molecule has 0 saturated carbocycles. The number of nitrogens with zero attached hydrogens (tertiary/aromatic N) is 2. The van der Waals surface area contributed by atoms with E-state index in [1.165, 1.54) is 0 Å². The van der Waals surface area contributed by atoms with Crippen LogP contribution in [0.25, 0.3) is 0 Å². The summed E-state index contributed by atoms with van der Waals surface area (Å²) in [5, 5.41) is 3.68. The van der Waals surface area contributed by atoms with Crippen LogP contribution in [0.5, 0.6) is 5.75 Å². The molecule has 0 amide bonds. The van der Waals surface area contributed by atoms with Crippen molar-refractivity contribution < 1.29 is 4.74 Å². The fraction of sp³-hybridized carbons (Fsp3) is 0.333. The molecule has 106 valence electrons. The summed E-state index contributed by atoms with van der Waals surface area (Å²) in [6.07, 6.45) is 1.79. The van der Waals surface area contributed by atoms with E-state index in [1.54, 1.807) is 6.07 Å². The molecule has 5 heteroatoms. The Labute approximate surface area is 124 Å². The molecule has 2 rings (SSSR count). The third kappa shape index (κ3) is 3.84. The van der Waals surface area contributed by atoms with Crippen molar-refractivity contribution in [1.82, 2.24) is 9.97 Å². The van der Waals surface area contributed by atoms with E-state index < -0.39 is 0 Å². The molecule has 2 aromatic rings. The third-order valence-electron chi connectivity index (χ3n) is 2.66. The first-order valence-electron chi connectivity index (χ1n) is 6.75. The van der Waals surface area contributed by atoms with Crippen molar-refractivity contribution in [3.05, 3.63) is 41.3 Å². The Morgan fingerprint density at radius 1 is 1.20 bits per heavy atom. The van der Waals surface area contributed by atoms with Crippen LogP contribution < -0.4 is 10.1 Å². The summed E-state index contributed by atoms with van der Waals surface area (Å²) >= 11 is 6.03. The minimum Gasteiger partial charge on any atom is -0.492 e. The molecule has 0 fully saturated rings. The average Bonchev–Trinajstić information content (AvgIpc) is 2.41. The normalized spacial score (nSPS) is 10.3. The maximum absolute atomic E-state index is 6.03. The van der Waals surface area contributed by atoms with Crippen molar-refractivity contribution in [2.24, 2.45) is 0 Å². The van der Waals surface area contributed by atoms with E-state index in [1.807, 2.05) is 31.2 Å². The number of benzene rings is 1. The van der Waals surface area contributed by atoms with Crippen molar-refractivity contribution in [3.8, 4) is 5.75 Å². The molecule has 0 aliphatic rings. The molecule has 4 nitrogen and oxygen atoms in total. The number of ether oxygens (including phenoxy) is 1. The molecule has 0 unspecified atom stereocenters. The minimum atomic E-state index is 0.444. The van der Waals surface area contributed by atoms with Crippen LogP contribution in [0.1, 0.15) is 26.1 Å². The topological polar surface area (TPSA) is 47.0 Å². The zero-order valence-corrected chi connectivity index (χ0v) is 12.4. The van der Waals surface area contributed by atoms with Gasteiger partial charge in [0.25, 0.3) is 0 Å². The van der Waals surface area contributed by atoms with Crippen LogP contribution in [-0.2, 0) is 6.42 Å². The van der Waals surface area contributed by atoms with E-state index in [-0.39, 0.29) is 0 Å². The number of anilines is 2. The molecule has 0 spiro atoms. The van der Waals surface area contributed by atoms with Gasteiger partial charge in [-0.15, -0.1) is 0 Å². The summed E-state index contributed by atoms with van der Waals surface area (Å²) in [6, 6.07) is 9.46. The maximum atomic E-state index is 6.03. The van der Waals surface area contributed by atoms with E-state index in [9.17, 15) is 0 Å². The highest BCUT2D eigenvalue weighted by atomic mass is 35.5. The molecule has 0 atom stereocenters. The summed E-state index contributed by atoms with van der Waals surface area (Å²) in [7, 11) is 0. The van der Waals surface area contributed by atoms with E-state index in [0.29, 0.717) is 17.6 Å². The first-order chi connectivity index (χ1) is 9.72. The lowest BCUT2D eigenvalue weighted by Crippen LogP contribution is -2.02. The van der Waals surface area contributed by atoms with E-state index in [4.69, 9.17) is 16.3 Å². The van der Waals surface area contributed by atoms with Gasteiger partial charge in [-0.3, -0.25) is 0 Å². The Bertz CT molecular complexity index is 575. The van der Waals surface area contributed by atoms with Gasteiger partial charge in [0.1, 0.15) is 22.5 Å². The van der Waals surface area contributed by atoms with Gasteiger partial charge in [-0.25, -0.2) is 9.97 Å². The quantitative estimate of drug-likeness (QED) is 0.809. The standard InChI is InChI=1S/C15H18ClN3O/c1-3-7-14-18-13(16)10-15(19-14)17-11-8-5-6-9-12(11)20-4-2/h5-6,8-10H,3-4,7H2,1-2H3,(H,17,18,19). The van der Waals surface area contributed by atoms with Gasteiger partial charge in [-0.2, -0.15) is 0 Å². The number of aryl methyl sites for hydroxylation is 1. The van der Waals surface area contributed by atoms with Gasteiger partial charge in [-0.1, -0.05) is 30.7 Å². The number of halogens is 1. The molecular formula is C15H18ClN3O. The number of nitrogens with one attached hydrogen (secondary N) is 1. The average molecular weight is 292 g/mol. The monoisotopic (exact) mass is 291 g/mol. The zero-order valence-electron chi connectivity index (χ0n) is 11.7. The zero-order chi connectivity index (χ0) is 14.4. The fourth-order valence-electron chi connectivity index (χ4n) is 1.85. The van der Waals surface area contributed by atoms with Gasteiger partial charge in [0.05, 0.1) is 12.3 Å². The summed E-state index contributed by atoms with van der Waals surface area (Å²) < 4.78 is 5.58. The van der Waals surface area contributed by atoms with Gasteiger partial charge in [-0.05, 0) is 25.5 Å². The van der Waals surface area contributed by atoms with Crippen molar-refractivity contribution in [1.29, 1.82) is 0 Å². The molecule has 0 radical (unpaired) electrons. The van der Waals surface area contributed by atoms with Crippen molar-refractivity contribution >= 4 is 23.1 Å². The lowest BCUT2D eigenvalue weighted by molar-refractivity contribution is 0.342. The van der Waals surface area contributed by atoms with E-state index in [2.05, 4.69) is 22.2 Å². The van der Waals surface area contributed by atoms with E-state index in [0.717, 1.165) is 30.1 Å². The summed E-state index contributed by atoms with van der Waals surface area (Å²) in [4.78, 5) is 8.66. The molecule has 20 heavy (non-hydrogen) atoms. The lowest BCUT2D eigenvalue weighted by atomic mass is 10.3. The third-order valence-corrected chi connectivity index (χ3v) is 2.86. The Kier molecular flexibility index (Phi) is 5.18. The lowest BCUT2D eigenvalue weighted by Gasteiger charge is -2.12. The Hall–Kier alpha value is -1.81. The minimum absolute atomic E-state index is 0.444. The summed E-state index contributed by atoms with van der Waals surface area (Å²) in [5.74, 6) is 2.22. The van der Waals surface area contributed by atoms with E-state index >= 15 is 0 Å². The molecule has 0 aliphatic carbocycles. The van der Waals surface area contributed by atoms with Gasteiger partial charge < -0.3 is 10.1 Å². The predicted octanol–water partition coefficient (Wildman–Crippen LogP) is 4.22. The van der Waals surface area contributed by atoms with Crippen LogP contribution in [0.4, 0.5) is 11.5 Å². The summed E-state index contributed by atoms with van der Waals surface area (Å²) in [6.45, 7) is 4.66. The van der Waals surface area contributed by atoms with Crippen LogP contribution in [0.2, 0.25) is 5.15 Å². The number of para-hydroxylation sites is 2. The van der Waals surface area contributed by atoms with Gasteiger partial charge in [0, 0.05) is 12.5 Å². The van der Waals surface area contributed by atoms with Crippen molar-refractivity contribution in [2.75, 3.05) is 11.9 Å². The first kappa shape index (κ1) is 14.6. The van der Waals surface area contributed by atoms with Crippen molar-refractivity contribution in [3.63, 3.8) is 0 Å². The molecular weight excluding hydrogens is 274 g/mol. The van der Waals surface area contributed by atoms with Gasteiger partial charge >= 0.3 is 0 Å². The second-order valence-corrected chi connectivity index (χ2v) is 4.68. The highest BCUT2D eigenvalue weighted by Crippen LogP contribution is 2.27. The fourth-order valence-corrected chi connectivity index (χ4v) is 2.05. The summed E-state index contributed by atoms with van der Waals surface area (Å²) in [5.41, 5.74) is 0.867. The van der Waals surface area contributed by atoms with Crippen LogP contribution in [0, 0.1) is 0 Å². The Balaban J connectivity index is 2.25. The van der Waals surface area contributed by atoms with Crippen LogP contribution >= 0.6 is 11.6 Å². The maximum Gasteiger partial charge on any atom is 0.142 e. The number of hydrogen-bond donors (Lipinski definition) is 1. The second-order valence-electron chi connectivity index (χ2n) is 4.30. The molecule has 0 saturated heterocycles. The molecule has 1 heterocycles. The molecule has 1 aromatic carbocycles. The number of hydrogen-bond acceptors (Lipinski definition) is 4. The highest BCUT2D eigenvalue weighted by Gasteiger charge is 2.06. The molecule has 1 aromatic heterocycles. The Morgan fingerprint density at radius 2 is 2.00 bits per heavy atom. The van der Waals surface area contributed by atoms with Crippen molar-refractivity contribution in [2.45, 2.75) is 26.7 Å². The number of rotatable bonds is 6. The second kappa shape index (κ2) is 7.10. The van der Waals surface area contributed by atoms with Gasteiger partial charge in [0.15, 0.2) is 0 Å². The number of aromatic nitrogens is 2.